The summed E-state index contributed by atoms with van der Waals surface area (Å²) in [6, 6.07) is 16.3. The number of carboxylic acids is 2. The van der Waals surface area contributed by atoms with Crippen LogP contribution in [0.4, 0.5) is 26.3 Å². The second-order valence-corrected chi connectivity index (χ2v) is 12.3. The first-order chi connectivity index (χ1) is 24.7. The van der Waals surface area contributed by atoms with Gasteiger partial charge in [0.25, 0.3) is 0 Å². The van der Waals surface area contributed by atoms with E-state index in [-0.39, 0.29) is 11.9 Å². The van der Waals surface area contributed by atoms with Crippen molar-refractivity contribution in [2.24, 2.45) is 0 Å². The molecule has 1 atom stereocenters. The van der Waals surface area contributed by atoms with Crippen LogP contribution in [0.2, 0.25) is 0 Å². The number of carbonyl (C=O) groups excluding carboxylic acids is 2. The second kappa shape index (κ2) is 20.2. The lowest BCUT2D eigenvalue weighted by molar-refractivity contribution is -0.193. The van der Waals surface area contributed by atoms with Crippen molar-refractivity contribution in [3.63, 3.8) is 0 Å². The van der Waals surface area contributed by atoms with Crippen LogP contribution in [0.1, 0.15) is 74.1 Å². The van der Waals surface area contributed by atoms with Crippen LogP contribution < -0.4 is 5.32 Å². The molecule has 11 nitrogen and oxygen atoms in total. The van der Waals surface area contributed by atoms with Gasteiger partial charge in [0.05, 0.1) is 24.4 Å². The van der Waals surface area contributed by atoms with Crippen molar-refractivity contribution in [2.45, 2.75) is 83.7 Å². The molecule has 0 aliphatic heterocycles. The summed E-state index contributed by atoms with van der Waals surface area (Å²) in [4.78, 5) is 56.6. The number of nitrogens with zero attached hydrogens (tertiary/aromatic N) is 2. The normalized spacial score (nSPS) is 12.0. The molecule has 0 fully saturated rings. The predicted octanol–water partition coefficient (Wildman–Crippen LogP) is 7.52. The first-order valence-corrected chi connectivity index (χ1v) is 16.5. The number of nitrogens with one attached hydrogen (secondary N) is 3. The van der Waals surface area contributed by atoms with Crippen LogP contribution in [0.3, 0.4) is 0 Å². The van der Waals surface area contributed by atoms with Gasteiger partial charge in [-0.2, -0.15) is 26.3 Å². The standard InChI is InChI=1S/C32H41N5O2.2C2HF3O2/c1-5-25(38)14-10-7-11-15-29(32-33-20-30(36-32)24-12-8-6-9-13-24)35-31(39)19-26-22(2)34-28-17-16-23(18-27(26)28)21-37(3)4;2*3-2(4,5)1(6)7/h6,8-9,12-13,16-18,20,29,34H,5,7,10-11,14-15,19,21H2,1-4H3,(H,33,36)(H,35,39);2*(H,6,7)/t29-;;/m0../s1. The van der Waals surface area contributed by atoms with E-state index in [4.69, 9.17) is 19.8 Å². The molecule has 0 unspecified atom stereocenters. The number of fused-ring (bicyclic) bond motifs is 1. The second-order valence-electron chi connectivity index (χ2n) is 12.3. The van der Waals surface area contributed by atoms with Crippen LogP contribution in [0, 0.1) is 6.92 Å². The lowest BCUT2D eigenvalue weighted by Crippen LogP contribution is -2.30. The molecule has 0 bridgehead atoms. The molecule has 53 heavy (non-hydrogen) atoms. The van der Waals surface area contributed by atoms with Gasteiger partial charge in [-0.15, -0.1) is 0 Å². The molecule has 5 N–H and O–H groups in total. The van der Waals surface area contributed by atoms with E-state index in [0.717, 1.165) is 71.5 Å². The Morgan fingerprint density at radius 2 is 1.49 bits per heavy atom. The minimum absolute atomic E-state index is 0.0270. The number of Topliss-reactive ketones (excluding diaryl/α,β-unsaturated/α-hetero) is 1. The molecule has 0 aliphatic rings. The third kappa shape index (κ3) is 15.1. The molecule has 0 spiro atoms. The average Bonchev–Trinajstić information content (AvgIpc) is 3.68. The number of aromatic nitrogens is 3. The Hall–Kier alpha value is -5.19. The molecular weight excluding hydrogens is 712 g/mol. The maximum atomic E-state index is 13.4. The van der Waals surface area contributed by atoms with Crippen LogP contribution >= 0.6 is 0 Å². The Morgan fingerprint density at radius 1 is 0.887 bits per heavy atom. The number of rotatable bonds is 14. The number of hydrogen-bond acceptors (Lipinski definition) is 6. The maximum Gasteiger partial charge on any atom is 0.490 e. The molecule has 0 aliphatic carbocycles. The highest BCUT2D eigenvalue weighted by atomic mass is 19.4. The summed E-state index contributed by atoms with van der Waals surface area (Å²) in [7, 11) is 4.11. The zero-order chi connectivity index (χ0) is 39.9. The molecule has 0 radical (unpaired) electrons. The number of aliphatic carboxylic acids is 2. The quantitative estimate of drug-likeness (QED) is 0.0651. The number of imidazole rings is 1. The fourth-order valence-electron chi connectivity index (χ4n) is 5.11. The highest BCUT2D eigenvalue weighted by Gasteiger charge is 2.38. The summed E-state index contributed by atoms with van der Waals surface area (Å²) < 4.78 is 63.5. The number of hydrogen-bond donors (Lipinski definition) is 5. The smallest absolute Gasteiger partial charge is 0.475 e. The van der Waals surface area contributed by atoms with Gasteiger partial charge in [-0.25, -0.2) is 14.6 Å². The Kier molecular flexibility index (Phi) is 16.7. The summed E-state index contributed by atoms with van der Waals surface area (Å²) in [6.45, 7) is 4.79. The molecule has 290 valence electrons. The third-order valence-corrected chi connectivity index (χ3v) is 7.69. The van der Waals surface area contributed by atoms with Gasteiger partial charge >= 0.3 is 24.3 Å². The number of benzene rings is 2. The van der Waals surface area contributed by atoms with Crippen molar-refractivity contribution >= 4 is 34.5 Å². The number of carbonyl (C=O) groups is 4. The molecule has 0 saturated heterocycles. The topological polar surface area (TPSA) is 168 Å². The van der Waals surface area contributed by atoms with E-state index in [0.29, 0.717) is 25.0 Å². The van der Waals surface area contributed by atoms with Crippen LogP contribution in [0.5, 0.6) is 0 Å². The Bertz CT molecular complexity index is 1780. The number of H-pyrrole nitrogens is 2. The Morgan fingerprint density at radius 3 is 2.04 bits per heavy atom. The van der Waals surface area contributed by atoms with Crippen LogP contribution in [-0.4, -0.2) is 80.1 Å². The van der Waals surface area contributed by atoms with E-state index < -0.39 is 24.3 Å². The van der Waals surface area contributed by atoms with E-state index in [1.807, 2.05) is 50.4 Å². The number of aryl methyl sites for hydroxylation is 1. The Labute approximate surface area is 301 Å². The van der Waals surface area contributed by atoms with Crippen molar-refractivity contribution in [2.75, 3.05) is 14.1 Å². The fraction of sp³-hybridized carbons (Fsp3) is 0.417. The maximum absolute atomic E-state index is 13.4. The summed E-state index contributed by atoms with van der Waals surface area (Å²) in [5, 5.41) is 18.6. The van der Waals surface area contributed by atoms with Crippen LogP contribution in [0.25, 0.3) is 22.2 Å². The molecule has 0 saturated carbocycles. The lowest BCUT2D eigenvalue weighted by atomic mass is 10.0. The van der Waals surface area contributed by atoms with E-state index in [1.165, 1.54) is 5.56 Å². The summed E-state index contributed by atoms with van der Waals surface area (Å²) in [5.41, 5.74) is 6.31. The molecular formula is C36H43F6N5O6. The monoisotopic (exact) mass is 755 g/mol. The van der Waals surface area contributed by atoms with Crippen molar-refractivity contribution in [1.29, 1.82) is 0 Å². The third-order valence-electron chi connectivity index (χ3n) is 7.69. The minimum Gasteiger partial charge on any atom is -0.475 e. The number of alkyl halides is 6. The molecule has 17 heteroatoms. The van der Waals surface area contributed by atoms with Gasteiger partial charge in [-0.1, -0.05) is 56.2 Å². The van der Waals surface area contributed by atoms with E-state index in [2.05, 4.69) is 57.5 Å². The number of halogens is 6. The minimum atomic E-state index is -5.08. The zero-order valence-electron chi connectivity index (χ0n) is 29.6. The van der Waals surface area contributed by atoms with Crippen molar-refractivity contribution in [1.82, 2.24) is 25.2 Å². The lowest BCUT2D eigenvalue weighted by Gasteiger charge is -2.17. The highest BCUT2D eigenvalue weighted by molar-refractivity contribution is 5.90. The molecule has 2 heterocycles. The molecule has 2 aromatic carbocycles. The average molecular weight is 756 g/mol. The number of unbranched alkanes of at least 4 members (excludes halogenated alkanes) is 2. The molecule has 2 aromatic heterocycles. The first kappa shape index (κ1) is 44.0. The molecule has 4 rings (SSSR count). The van der Waals surface area contributed by atoms with Gasteiger partial charge in [0.1, 0.15) is 11.6 Å². The van der Waals surface area contributed by atoms with Gasteiger partial charge < -0.3 is 30.4 Å². The van der Waals surface area contributed by atoms with E-state index >= 15 is 0 Å². The predicted molar refractivity (Wildman–Crippen MR) is 185 cm³/mol. The van der Waals surface area contributed by atoms with Crippen LogP contribution in [-0.2, 0) is 32.1 Å². The van der Waals surface area contributed by atoms with Crippen LogP contribution in [0.15, 0.2) is 54.7 Å². The van der Waals surface area contributed by atoms with Gasteiger partial charge in [0, 0.05) is 36.0 Å². The number of ketones is 1. The summed E-state index contributed by atoms with van der Waals surface area (Å²) in [5.74, 6) is -4.47. The SMILES string of the molecule is CCC(=O)CCCCC[C@H](NC(=O)Cc1c(C)[nH]c2ccc(CN(C)C)cc12)c1ncc(-c2ccccc2)[nH]1.O=C(O)C(F)(F)F.O=C(O)C(F)(F)F. The first-order valence-electron chi connectivity index (χ1n) is 16.5. The number of amides is 1. The van der Waals surface area contributed by atoms with Gasteiger partial charge in [0.2, 0.25) is 5.91 Å². The molecule has 1 amide bonds. The van der Waals surface area contributed by atoms with Gasteiger partial charge in [0.15, 0.2) is 0 Å². The van der Waals surface area contributed by atoms with E-state index in [9.17, 15) is 35.9 Å². The number of aromatic amines is 2. The van der Waals surface area contributed by atoms with E-state index in [1.54, 1.807) is 0 Å². The molecule has 4 aromatic rings. The summed E-state index contributed by atoms with van der Waals surface area (Å²) in [6.07, 6.45) is -3.33. The van der Waals surface area contributed by atoms with Gasteiger partial charge in [-0.05, 0) is 62.7 Å². The van der Waals surface area contributed by atoms with Gasteiger partial charge in [-0.3, -0.25) is 9.59 Å². The van der Waals surface area contributed by atoms with Crippen molar-refractivity contribution in [3.05, 3.63) is 77.4 Å². The van der Waals surface area contributed by atoms with Crippen molar-refractivity contribution in [3.8, 4) is 11.3 Å². The van der Waals surface area contributed by atoms with Crippen molar-refractivity contribution < 1.29 is 55.7 Å². The zero-order valence-corrected chi connectivity index (χ0v) is 29.6. The highest BCUT2D eigenvalue weighted by Crippen LogP contribution is 2.26. The fourth-order valence-corrected chi connectivity index (χ4v) is 5.11. The largest absolute Gasteiger partial charge is 0.490 e. The summed E-state index contributed by atoms with van der Waals surface area (Å²) >= 11 is 0. The Balaban J connectivity index is 0.000000587. The number of carboxylic acid groups (broad SMARTS) is 2.